The van der Waals surface area contributed by atoms with Crippen LogP contribution in [0.15, 0.2) is 12.7 Å². The molecular formula is C5H7OS-. The van der Waals surface area contributed by atoms with Gasteiger partial charge in [0, 0.05) is 5.12 Å². The molecule has 0 aromatic heterocycles. The summed E-state index contributed by atoms with van der Waals surface area (Å²) < 4.78 is 0. The number of carbonyl (C=O) groups is 1. The second-order valence-corrected chi connectivity index (χ2v) is 1.65. The Morgan fingerprint density at radius 1 is 1.86 bits per heavy atom. The lowest BCUT2D eigenvalue weighted by Crippen LogP contribution is -1.86. The molecule has 0 aromatic carbocycles. The van der Waals surface area contributed by atoms with Gasteiger partial charge in [-0.2, -0.15) is 0 Å². The first-order valence-electron chi connectivity index (χ1n) is 2.08. The molecule has 0 rings (SSSR count). The second-order valence-electron chi connectivity index (χ2n) is 1.20. The van der Waals surface area contributed by atoms with Crippen LogP contribution in [-0.4, -0.2) is 5.12 Å². The van der Waals surface area contributed by atoms with Crippen LogP contribution in [-0.2, 0) is 17.4 Å². The summed E-state index contributed by atoms with van der Waals surface area (Å²) in [7, 11) is 0. The highest BCUT2D eigenvalue weighted by Gasteiger charge is 1.76. The van der Waals surface area contributed by atoms with E-state index in [0.717, 1.165) is 0 Å². The number of allylic oxidation sites excluding steroid dienone is 1. The van der Waals surface area contributed by atoms with Crippen LogP contribution in [0.2, 0.25) is 0 Å². The van der Waals surface area contributed by atoms with Gasteiger partial charge in [0.15, 0.2) is 0 Å². The van der Waals surface area contributed by atoms with Crippen molar-refractivity contribution >= 4 is 17.7 Å². The Labute approximate surface area is 48.8 Å². The van der Waals surface area contributed by atoms with Gasteiger partial charge in [-0.15, -0.1) is 6.58 Å². The van der Waals surface area contributed by atoms with Crippen LogP contribution >= 0.6 is 0 Å². The number of hydrogen-bond donors (Lipinski definition) is 0. The van der Waals surface area contributed by atoms with Crippen molar-refractivity contribution in [3.63, 3.8) is 0 Å². The molecule has 0 aromatic rings. The third kappa shape index (κ3) is 5.63. The van der Waals surface area contributed by atoms with E-state index in [4.69, 9.17) is 0 Å². The second kappa shape index (κ2) is 3.81. The molecule has 0 unspecified atom stereocenters. The molecule has 0 spiro atoms. The summed E-state index contributed by atoms with van der Waals surface area (Å²) in [6, 6.07) is 0. The van der Waals surface area contributed by atoms with Crippen LogP contribution < -0.4 is 0 Å². The summed E-state index contributed by atoms with van der Waals surface area (Å²) in [5.41, 5.74) is 0. The fourth-order valence-electron chi connectivity index (χ4n) is 0.220. The molecule has 40 valence electrons. The average molecular weight is 115 g/mol. The summed E-state index contributed by atoms with van der Waals surface area (Å²) in [5.74, 6) is 0. The van der Waals surface area contributed by atoms with E-state index in [1.807, 2.05) is 0 Å². The average Bonchev–Trinajstić information content (AvgIpc) is 1.61. The Bertz CT molecular complexity index is 78.1. The molecule has 0 aliphatic rings. The van der Waals surface area contributed by atoms with Crippen molar-refractivity contribution in [2.75, 3.05) is 0 Å². The van der Waals surface area contributed by atoms with Gasteiger partial charge in [-0.3, -0.25) is 0 Å². The Morgan fingerprint density at radius 2 is 2.43 bits per heavy atom. The van der Waals surface area contributed by atoms with Crippen molar-refractivity contribution in [3.8, 4) is 0 Å². The molecule has 0 bridgehead atoms. The van der Waals surface area contributed by atoms with E-state index < -0.39 is 0 Å². The largest absolute Gasteiger partial charge is 0.742 e. The van der Waals surface area contributed by atoms with E-state index >= 15 is 0 Å². The van der Waals surface area contributed by atoms with Crippen LogP contribution in [0.3, 0.4) is 0 Å². The first kappa shape index (κ1) is 6.63. The monoisotopic (exact) mass is 115 g/mol. The smallest absolute Gasteiger partial charge is 0.0122 e. The van der Waals surface area contributed by atoms with Gasteiger partial charge in [-0.25, -0.2) is 0 Å². The Kier molecular flexibility index (Phi) is 3.61. The molecule has 0 aliphatic carbocycles. The Morgan fingerprint density at radius 3 is 2.57 bits per heavy atom. The van der Waals surface area contributed by atoms with Crippen LogP contribution in [0.4, 0.5) is 0 Å². The van der Waals surface area contributed by atoms with Crippen molar-refractivity contribution in [2.24, 2.45) is 0 Å². The molecule has 0 atom stereocenters. The molecule has 0 radical (unpaired) electrons. The minimum atomic E-state index is -0.181. The van der Waals surface area contributed by atoms with Crippen molar-refractivity contribution in [1.82, 2.24) is 0 Å². The van der Waals surface area contributed by atoms with E-state index in [-0.39, 0.29) is 5.12 Å². The predicted octanol–water partition coefficient (Wildman–Crippen LogP) is 1.03. The minimum Gasteiger partial charge on any atom is -0.742 e. The number of rotatable bonds is 3. The van der Waals surface area contributed by atoms with E-state index in [2.05, 4.69) is 19.2 Å². The highest BCUT2D eigenvalue weighted by Crippen LogP contribution is 1.87. The van der Waals surface area contributed by atoms with Crippen molar-refractivity contribution < 1.29 is 4.79 Å². The first-order chi connectivity index (χ1) is 3.27. The van der Waals surface area contributed by atoms with E-state index in [1.165, 1.54) is 0 Å². The Hall–Kier alpha value is -0.370. The molecule has 2 heteroatoms. The summed E-state index contributed by atoms with van der Waals surface area (Å²) in [6.45, 7) is 3.43. The molecule has 0 saturated heterocycles. The quantitative estimate of drug-likeness (QED) is 0.403. The predicted molar refractivity (Wildman–Crippen MR) is 31.8 cm³/mol. The van der Waals surface area contributed by atoms with Gasteiger partial charge in [-0.05, 0) is 12.8 Å². The summed E-state index contributed by atoms with van der Waals surface area (Å²) in [6.07, 6.45) is 2.85. The van der Waals surface area contributed by atoms with Crippen LogP contribution in [0.1, 0.15) is 12.8 Å². The van der Waals surface area contributed by atoms with Gasteiger partial charge in [0.2, 0.25) is 0 Å². The lowest BCUT2D eigenvalue weighted by Gasteiger charge is -1.96. The van der Waals surface area contributed by atoms with Gasteiger partial charge < -0.3 is 17.4 Å². The maximum atomic E-state index is 9.97. The van der Waals surface area contributed by atoms with Crippen molar-refractivity contribution in [1.29, 1.82) is 0 Å². The lowest BCUT2D eigenvalue weighted by molar-refractivity contribution is -0.110. The standard InChI is InChI=1S/C5H8OS/c1-2-3-4-5(6)7/h2H,1,3-4H2,(H,6,7)/p-1. The van der Waals surface area contributed by atoms with E-state index in [9.17, 15) is 4.79 Å². The number of hydrogen-bond acceptors (Lipinski definition) is 2. The number of carbonyl (C=O) groups excluding carboxylic acids is 1. The third-order valence-corrected chi connectivity index (χ3v) is 0.757. The molecule has 0 N–H and O–H groups in total. The zero-order chi connectivity index (χ0) is 5.70. The SMILES string of the molecule is C=CCCC(=O)[S-]. The summed E-state index contributed by atoms with van der Waals surface area (Å²) >= 11 is 4.26. The fraction of sp³-hybridized carbons (Fsp3) is 0.400. The normalized spacial score (nSPS) is 8.00. The first-order valence-corrected chi connectivity index (χ1v) is 2.49. The van der Waals surface area contributed by atoms with Crippen LogP contribution in [0.25, 0.3) is 0 Å². The maximum absolute atomic E-state index is 9.97. The molecule has 0 amide bonds. The van der Waals surface area contributed by atoms with E-state index in [0.29, 0.717) is 12.8 Å². The van der Waals surface area contributed by atoms with Crippen LogP contribution in [0.5, 0.6) is 0 Å². The van der Waals surface area contributed by atoms with Crippen LogP contribution in [0, 0.1) is 0 Å². The molecule has 1 nitrogen and oxygen atoms in total. The van der Waals surface area contributed by atoms with Gasteiger partial charge in [0.1, 0.15) is 0 Å². The van der Waals surface area contributed by atoms with E-state index in [1.54, 1.807) is 6.08 Å². The highest BCUT2D eigenvalue weighted by molar-refractivity contribution is 7.77. The fourth-order valence-corrected chi connectivity index (χ4v) is 0.338. The topological polar surface area (TPSA) is 17.1 Å². The summed E-state index contributed by atoms with van der Waals surface area (Å²) in [4.78, 5) is 9.97. The third-order valence-electron chi connectivity index (χ3n) is 0.553. The molecule has 7 heavy (non-hydrogen) atoms. The lowest BCUT2D eigenvalue weighted by atomic mass is 10.3. The molecular weight excluding hydrogens is 108 g/mol. The van der Waals surface area contributed by atoms with Gasteiger partial charge in [0.25, 0.3) is 0 Å². The van der Waals surface area contributed by atoms with Gasteiger partial charge >= 0.3 is 0 Å². The molecule has 0 saturated carbocycles. The highest BCUT2D eigenvalue weighted by atomic mass is 32.1. The zero-order valence-corrected chi connectivity index (χ0v) is 4.83. The molecule has 0 heterocycles. The molecule has 0 fully saturated rings. The zero-order valence-electron chi connectivity index (χ0n) is 4.02. The van der Waals surface area contributed by atoms with Gasteiger partial charge in [0.05, 0.1) is 0 Å². The summed E-state index contributed by atoms with van der Waals surface area (Å²) in [5, 5.41) is -0.181. The van der Waals surface area contributed by atoms with Gasteiger partial charge in [-0.1, -0.05) is 6.08 Å². The van der Waals surface area contributed by atoms with Crippen molar-refractivity contribution in [3.05, 3.63) is 12.7 Å². The Balaban J connectivity index is 2.97. The maximum Gasteiger partial charge on any atom is 0.0122 e. The molecule has 0 aliphatic heterocycles. The minimum absolute atomic E-state index is 0.181. The van der Waals surface area contributed by atoms with Crippen molar-refractivity contribution in [2.45, 2.75) is 12.8 Å².